The van der Waals surface area contributed by atoms with Gasteiger partial charge >= 0.3 is 0 Å². The highest BCUT2D eigenvalue weighted by Gasteiger charge is 2.35. The molecule has 0 spiro atoms. The standard InChI is InChI=1S/C17H20N2O2/c20-15-11-13-10-14(9-12-5-8-19(15)16(12)13)17(21)18-6-3-1-2-4-7-18/h9-10H,1-8,11H2. The Balaban J connectivity index is 1.66. The number of nitrogens with zero attached hydrogens (tertiary/aromatic N) is 2. The van der Waals surface area contributed by atoms with E-state index in [4.69, 9.17) is 0 Å². The Labute approximate surface area is 124 Å². The Morgan fingerprint density at radius 1 is 0.952 bits per heavy atom. The fourth-order valence-corrected chi connectivity index (χ4v) is 3.86. The fraction of sp³-hybridized carbons (Fsp3) is 0.529. The van der Waals surface area contributed by atoms with E-state index in [0.29, 0.717) is 6.42 Å². The molecule has 4 heteroatoms. The van der Waals surface area contributed by atoms with Crippen LogP contribution in [0.25, 0.3) is 0 Å². The second-order valence-corrected chi connectivity index (χ2v) is 6.32. The molecule has 4 nitrogen and oxygen atoms in total. The lowest BCUT2D eigenvalue weighted by molar-refractivity contribution is -0.117. The minimum Gasteiger partial charge on any atom is -0.339 e. The van der Waals surface area contributed by atoms with E-state index in [1.807, 2.05) is 21.9 Å². The molecule has 0 unspecified atom stereocenters. The summed E-state index contributed by atoms with van der Waals surface area (Å²) in [4.78, 5) is 28.6. The first-order valence-electron chi connectivity index (χ1n) is 7.99. The molecule has 1 aromatic rings. The lowest BCUT2D eigenvalue weighted by atomic mass is 10.0. The molecule has 1 saturated heterocycles. The van der Waals surface area contributed by atoms with Crippen LogP contribution >= 0.6 is 0 Å². The van der Waals surface area contributed by atoms with Crippen molar-refractivity contribution in [3.8, 4) is 0 Å². The highest BCUT2D eigenvalue weighted by molar-refractivity contribution is 6.05. The molecule has 3 aliphatic rings. The van der Waals surface area contributed by atoms with Crippen molar-refractivity contribution in [1.82, 2.24) is 4.90 Å². The summed E-state index contributed by atoms with van der Waals surface area (Å²) < 4.78 is 0. The highest BCUT2D eigenvalue weighted by atomic mass is 16.2. The minimum absolute atomic E-state index is 0.147. The van der Waals surface area contributed by atoms with Crippen LogP contribution in [0.3, 0.4) is 0 Å². The van der Waals surface area contributed by atoms with Crippen molar-refractivity contribution in [2.45, 2.75) is 38.5 Å². The lowest BCUT2D eigenvalue weighted by Gasteiger charge is -2.21. The van der Waals surface area contributed by atoms with Crippen molar-refractivity contribution in [2.75, 3.05) is 24.5 Å². The van der Waals surface area contributed by atoms with Gasteiger partial charge in [-0.05, 0) is 42.5 Å². The summed E-state index contributed by atoms with van der Waals surface area (Å²) in [6, 6.07) is 3.97. The first kappa shape index (κ1) is 12.9. The number of hydrogen-bond acceptors (Lipinski definition) is 2. The summed E-state index contributed by atoms with van der Waals surface area (Å²) in [5.41, 5.74) is 4.10. The second kappa shape index (κ2) is 4.86. The van der Waals surface area contributed by atoms with Gasteiger partial charge in [0.2, 0.25) is 5.91 Å². The molecule has 4 rings (SSSR count). The zero-order chi connectivity index (χ0) is 14.4. The number of benzene rings is 1. The van der Waals surface area contributed by atoms with E-state index in [1.54, 1.807) is 0 Å². The molecule has 3 heterocycles. The van der Waals surface area contributed by atoms with Crippen LogP contribution in [0.4, 0.5) is 5.69 Å². The van der Waals surface area contributed by atoms with Gasteiger partial charge in [0.1, 0.15) is 0 Å². The molecular formula is C17H20N2O2. The Morgan fingerprint density at radius 2 is 1.67 bits per heavy atom. The number of likely N-dealkylation sites (tertiary alicyclic amines) is 1. The molecule has 0 aliphatic carbocycles. The molecule has 110 valence electrons. The van der Waals surface area contributed by atoms with E-state index < -0.39 is 0 Å². The van der Waals surface area contributed by atoms with Crippen molar-refractivity contribution in [3.63, 3.8) is 0 Å². The van der Waals surface area contributed by atoms with Gasteiger partial charge in [-0.2, -0.15) is 0 Å². The normalized spacial score (nSPS) is 20.7. The molecule has 0 saturated carbocycles. The number of rotatable bonds is 1. The lowest BCUT2D eigenvalue weighted by Crippen LogP contribution is -2.31. The SMILES string of the molecule is O=C(c1cc2c3c(c1)CC(=O)N3CC2)N1CCCCCC1. The average Bonchev–Trinajstić information content (AvgIpc) is 2.93. The molecule has 2 amide bonds. The van der Waals surface area contributed by atoms with Crippen LogP contribution < -0.4 is 4.90 Å². The van der Waals surface area contributed by atoms with Crippen LogP contribution in [-0.2, 0) is 17.6 Å². The van der Waals surface area contributed by atoms with Crippen LogP contribution in [-0.4, -0.2) is 36.3 Å². The van der Waals surface area contributed by atoms with E-state index in [2.05, 4.69) is 0 Å². The van der Waals surface area contributed by atoms with Crippen molar-refractivity contribution < 1.29 is 9.59 Å². The Morgan fingerprint density at radius 3 is 2.43 bits per heavy atom. The maximum absolute atomic E-state index is 12.7. The topological polar surface area (TPSA) is 40.6 Å². The third-order valence-electron chi connectivity index (χ3n) is 4.93. The fourth-order valence-electron chi connectivity index (χ4n) is 3.86. The second-order valence-electron chi connectivity index (χ2n) is 6.32. The van der Waals surface area contributed by atoms with Gasteiger partial charge in [-0.15, -0.1) is 0 Å². The van der Waals surface area contributed by atoms with Crippen molar-refractivity contribution >= 4 is 17.5 Å². The molecule has 0 aromatic heterocycles. The van der Waals surface area contributed by atoms with Gasteiger partial charge in [0.05, 0.1) is 12.1 Å². The van der Waals surface area contributed by atoms with Crippen LogP contribution in [0.5, 0.6) is 0 Å². The first-order valence-corrected chi connectivity index (χ1v) is 7.99. The first-order chi connectivity index (χ1) is 10.2. The van der Waals surface area contributed by atoms with Gasteiger partial charge in [-0.3, -0.25) is 9.59 Å². The van der Waals surface area contributed by atoms with Gasteiger partial charge < -0.3 is 9.80 Å². The van der Waals surface area contributed by atoms with E-state index in [-0.39, 0.29) is 11.8 Å². The Kier molecular flexibility index (Phi) is 2.98. The summed E-state index contributed by atoms with van der Waals surface area (Å²) in [5.74, 6) is 0.330. The monoisotopic (exact) mass is 284 g/mol. The van der Waals surface area contributed by atoms with E-state index in [0.717, 1.165) is 55.7 Å². The molecule has 21 heavy (non-hydrogen) atoms. The number of carbonyl (C=O) groups is 2. The maximum Gasteiger partial charge on any atom is 0.253 e. The number of amides is 2. The van der Waals surface area contributed by atoms with Gasteiger partial charge in [-0.1, -0.05) is 12.8 Å². The van der Waals surface area contributed by atoms with Crippen molar-refractivity contribution in [1.29, 1.82) is 0 Å². The molecule has 0 radical (unpaired) electrons. The van der Waals surface area contributed by atoms with Crippen LogP contribution in [0.15, 0.2) is 12.1 Å². The zero-order valence-corrected chi connectivity index (χ0v) is 12.2. The Hall–Kier alpha value is -1.84. The molecule has 0 bridgehead atoms. The quantitative estimate of drug-likeness (QED) is 0.793. The maximum atomic E-state index is 12.7. The highest BCUT2D eigenvalue weighted by Crippen LogP contribution is 2.38. The van der Waals surface area contributed by atoms with E-state index in [9.17, 15) is 9.59 Å². The summed E-state index contributed by atoms with van der Waals surface area (Å²) in [6.45, 7) is 2.52. The molecule has 1 aromatic carbocycles. The van der Waals surface area contributed by atoms with Crippen LogP contribution in [0.1, 0.15) is 47.2 Å². The third-order valence-corrected chi connectivity index (χ3v) is 4.93. The molecule has 0 atom stereocenters. The minimum atomic E-state index is 0.147. The summed E-state index contributed by atoms with van der Waals surface area (Å²) in [7, 11) is 0. The van der Waals surface area contributed by atoms with Crippen LogP contribution in [0.2, 0.25) is 0 Å². The third kappa shape index (κ3) is 2.04. The summed E-state index contributed by atoms with van der Waals surface area (Å²) >= 11 is 0. The molecule has 0 N–H and O–H groups in total. The van der Waals surface area contributed by atoms with Gasteiger partial charge in [0.25, 0.3) is 5.91 Å². The summed E-state index contributed by atoms with van der Waals surface area (Å²) in [5, 5.41) is 0. The zero-order valence-electron chi connectivity index (χ0n) is 12.2. The predicted octanol–water partition coefficient (Wildman–Crippen LogP) is 2.15. The van der Waals surface area contributed by atoms with Crippen LogP contribution in [0, 0.1) is 0 Å². The number of hydrogen-bond donors (Lipinski definition) is 0. The smallest absolute Gasteiger partial charge is 0.253 e. The summed E-state index contributed by atoms with van der Waals surface area (Å²) in [6.07, 6.45) is 6.01. The van der Waals surface area contributed by atoms with E-state index >= 15 is 0 Å². The van der Waals surface area contributed by atoms with Crippen molar-refractivity contribution in [3.05, 3.63) is 28.8 Å². The molecular weight excluding hydrogens is 264 g/mol. The number of carbonyl (C=O) groups excluding carboxylic acids is 2. The number of anilines is 1. The Bertz CT molecular complexity index is 615. The van der Waals surface area contributed by atoms with Gasteiger partial charge in [-0.25, -0.2) is 0 Å². The van der Waals surface area contributed by atoms with Crippen molar-refractivity contribution in [2.24, 2.45) is 0 Å². The van der Waals surface area contributed by atoms with Gasteiger partial charge in [0, 0.05) is 25.2 Å². The average molecular weight is 284 g/mol. The largest absolute Gasteiger partial charge is 0.339 e. The molecule has 3 aliphatic heterocycles. The predicted molar refractivity (Wildman–Crippen MR) is 80.6 cm³/mol. The van der Waals surface area contributed by atoms with Gasteiger partial charge in [0.15, 0.2) is 0 Å². The molecule has 1 fully saturated rings. The van der Waals surface area contributed by atoms with E-state index in [1.165, 1.54) is 18.4 Å².